The fourth-order valence-corrected chi connectivity index (χ4v) is 2.06. The van der Waals surface area contributed by atoms with Crippen molar-refractivity contribution in [2.45, 2.75) is 39.8 Å². The van der Waals surface area contributed by atoms with E-state index in [1.54, 1.807) is 6.20 Å². The zero-order valence-corrected chi connectivity index (χ0v) is 14.5. The SMILES string of the molecule is Cc1cc(Oc2ccncc2CNC(C)(C)C)ccc1Br. The number of hydrogen-bond acceptors (Lipinski definition) is 3. The lowest BCUT2D eigenvalue weighted by molar-refractivity contribution is 0.413. The van der Waals surface area contributed by atoms with Gasteiger partial charge in [-0.2, -0.15) is 0 Å². The van der Waals surface area contributed by atoms with Crippen LogP contribution in [-0.4, -0.2) is 10.5 Å². The molecule has 3 nitrogen and oxygen atoms in total. The third-order valence-electron chi connectivity index (χ3n) is 3.03. The van der Waals surface area contributed by atoms with E-state index in [0.717, 1.165) is 33.6 Å². The van der Waals surface area contributed by atoms with Crippen LogP contribution in [0.1, 0.15) is 31.9 Å². The average Bonchev–Trinajstić information content (AvgIpc) is 2.41. The molecule has 0 aliphatic carbocycles. The Morgan fingerprint density at radius 3 is 2.67 bits per heavy atom. The summed E-state index contributed by atoms with van der Waals surface area (Å²) in [5.74, 6) is 1.67. The number of aryl methyl sites for hydroxylation is 1. The summed E-state index contributed by atoms with van der Waals surface area (Å²) in [5.41, 5.74) is 2.25. The Labute approximate surface area is 134 Å². The Morgan fingerprint density at radius 1 is 1.24 bits per heavy atom. The molecule has 0 aliphatic heterocycles. The van der Waals surface area contributed by atoms with Crippen LogP contribution >= 0.6 is 15.9 Å². The van der Waals surface area contributed by atoms with Crippen molar-refractivity contribution in [3.8, 4) is 11.5 Å². The van der Waals surface area contributed by atoms with Crippen LogP contribution in [0, 0.1) is 6.92 Å². The Balaban J connectivity index is 2.17. The molecule has 0 amide bonds. The largest absolute Gasteiger partial charge is 0.457 e. The van der Waals surface area contributed by atoms with Crippen molar-refractivity contribution in [3.05, 3.63) is 52.3 Å². The molecule has 4 heteroatoms. The lowest BCUT2D eigenvalue weighted by Crippen LogP contribution is -2.35. The number of ether oxygens (including phenoxy) is 1. The molecule has 2 rings (SSSR count). The molecule has 0 bridgehead atoms. The number of aromatic nitrogens is 1. The van der Waals surface area contributed by atoms with E-state index in [1.807, 2.05) is 37.4 Å². The van der Waals surface area contributed by atoms with Crippen LogP contribution in [-0.2, 0) is 6.54 Å². The van der Waals surface area contributed by atoms with Gasteiger partial charge in [-0.25, -0.2) is 0 Å². The number of halogens is 1. The smallest absolute Gasteiger partial charge is 0.134 e. The van der Waals surface area contributed by atoms with E-state index in [-0.39, 0.29) is 5.54 Å². The lowest BCUT2D eigenvalue weighted by atomic mass is 10.1. The van der Waals surface area contributed by atoms with Gasteiger partial charge in [0.05, 0.1) is 0 Å². The van der Waals surface area contributed by atoms with Crippen molar-refractivity contribution in [1.82, 2.24) is 10.3 Å². The second-order valence-corrected chi connectivity index (χ2v) is 6.95. The summed E-state index contributed by atoms with van der Waals surface area (Å²) in [6.07, 6.45) is 3.60. The molecule has 0 saturated carbocycles. The summed E-state index contributed by atoms with van der Waals surface area (Å²) >= 11 is 3.50. The van der Waals surface area contributed by atoms with Gasteiger partial charge in [-0.05, 0) is 57.5 Å². The molecule has 2 aromatic rings. The van der Waals surface area contributed by atoms with Crippen LogP contribution in [0.3, 0.4) is 0 Å². The van der Waals surface area contributed by atoms with Gasteiger partial charge in [0.2, 0.25) is 0 Å². The minimum absolute atomic E-state index is 0.0569. The van der Waals surface area contributed by atoms with Gasteiger partial charge in [0.25, 0.3) is 0 Å². The molecule has 0 saturated heterocycles. The number of rotatable bonds is 4. The first-order valence-corrected chi connectivity index (χ1v) is 7.76. The molecule has 0 unspecified atom stereocenters. The van der Waals surface area contributed by atoms with Crippen LogP contribution in [0.25, 0.3) is 0 Å². The molecule has 0 aliphatic rings. The van der Waals surface area contributed by atoms with Crippen LogP contribution in [0.4, 0.5) is 0 Å². The highest BCUT2D eigenvalue weighted by atomic mass is 79.9. The maximum Gasteiger partial charge on any atom is 0.134 e. The highest BCUT2D eigenvalue weighted by Crippen LogP contribution is 2.28. The summed E-state index contributed by atoms with van der Waals surface area (Å²) in [5, 5.41) is 3.46. The van der Waals surface area contributed by atoms with Crippen molar-refractivity contribution >= 4 is 15.9 Å². The van der Waals surface area contributed by atoms with Gasteiger partial charge in [0, 0.05) is 34.5 Å². The van der Waals surface area contributed by atoms with Gasteiger partial charge in [0.15, 0.2) is 0 Å². The highest BCUT2D eigenvalue weighted by molar-refractivity contribution is 9.10. The molecule has 1 aromatic carbocycles. The van der Waals surface area contributed by atoms with Gasteiger partial charge >= 0.3 is 0 Å². The maximum atomic E-state index is 6.01. The van der Waals surface area contributed by atoms with E-state index in [2.05, 4.69) is 47.0 Å². The molecular weight excluding hydrogens is 328 g/mol. The number of hydrogen-bond donors (Lipinski definition) is 1. The summed E-state index contributed by atoms with van der Waals surface area (Å²) in [6.45, 7) is 9.19. The van der Waals surface area contributed by atoms with E-state index < -0.39 is 0 Å². The number of pyridine rings is 1. The van der Waals surface area contributed by atoms with Gasteiger partial charge in [-0.1, -0.05) is 15.9 Å². The Kier molecular flexibility index (Phi) is 5.01. The predicted octanol–water partition coefficient (Wildman–Crippen LogP) is 4.83. The molecule has 1 aromatic heterocycles. The van der Waals surface area contributed by atoms with E-state index in [1.165, 1.54) is 0 Å². The van der Waals surface area contributed by atoms with E-state index in [0.29, 0.717) is 0 Å². The van der Waals surface area contributed by atoms with Crippen LogP contribution in [0.5, 0.6) is 11.5 Å². The standard InChI is InChI=1S/C17H21BrN2O/c1-12-9-14(5-6-15(12)18)21-16-7-8-19-10-13(16)11-20-17(2,3)4/h5-10,20H,11H2,1-4H3. The third kappa shape index (κ3) is 4.83. The second-order valence-electron chi connectivity index (χ2n) is 6.10. The predicted molar refractivity (Wildman–Crippen MR) is 89.8 cm³/mol. The number of benzene rings is 1. The normalized spacial score (nSPS) is 11.5. The molecule has 112 valence electrons. The minimum atomic E-state index is 0.0569. The molecule has 1 heterocycles. The summed E-state index contributed by atoms with van der Waals surface area (Å²) in [4.78, 5) is 4.19. The van der Waals surface area contributed by atoms with Crippen molar-refractivity contribution < 1.29 is 4.74 Å². The van der Waals surface area contributed by atoms with Crippen molar-refractivity contribution in [2.24, 2.45) is 0 Å². The van der Waals surface area contributed by atoms with E-state index in [4.69, 9.17) is 4.74 Å². The van der Waals surface area contributed by atoms with Crippen LogP contribution in [0.2, 0.25) is 0 Å². The first-order valence-electron chi connectivity index (χ1n) is 6.97. The maximum absolute atomic E-state index is 6.01. The van der Waals surface area contributed by atoms with E-state index in [9.17, 15) is 0 Å². The summed E-state index contributed by atoms with van der Waals surface area (Å²) in [7, 11) is 0. The topological polar surface area (TPSA) is 34.1 Å². The Bertz CT molecular complexity index is 620. The zero-order chi connectivity index (χ0) is 15.5. The quantitative estimate of drug-likeness (QED) is 0.858. The first-order chi connectivity index (χ1) is 9.85. The molecule has 0 fully saturated rings. The Morgan fingerprint density at radius 2 is 2.00 bits per heavy atom. The van der Waals surface area contributed by atoms with Crippen LogP contribution < -0.4 is 10.1 Å². The monoisotopic (exact) mass is 348 g/mol. The van der Waals surface area contributed by atoms with Gasteiger partial charge < -0.3 is 10.1 Å². The molecule has 0 spiro atoms. The molecule has 1 N–H and O–H groups in total. The molecular formula is C17H21BrN2O. The van der Waals surface area contributed by atoms with Gasteiger partial charge in [-0.15, -0.1) is 0 Å². The minimum Gasteiger partial charge on any atom is -0.457 e. The molecule has 0 radical (unpaired) electrons. The summed E-state index contributed by atoms with van der Waals surface area (Å²) < 4.78 is 7.09. The Hall–Kier alpha value is -1.39. The third-order valence-corrected chi connectivity index (χ3v) is 3.91. The molecule has 0 atom stereocenters. The van der Waals surface area contributed by atoms with Gasteiger partial charge in [0.1, 0.15) is 11.5 Å². The zero-order valence-electron chi connectivity index (χ0n) is 12.9. The number of nitrogens with one attached hydrogen (secondary N) is 1. The molecule has 21 heavy (non-hydrogen) atoms. The second kappa shape index (κ2) is 6.58. The van der Waals surface area contributed by atoms with E-state index >= 15 is 0 Å². The first kappa shape index (κ1) is 16.0. The van der Waals surface area contributed by atoms with Crippen molar-refractivity contribution in [3.63, 3.8) is 0 Å². The number of nitrogens with zero attached hydrogens (tertiary/aromatic N) is 1. The van der Waals surface area contributed by atoms with Crippen molar-refractivity contribution in [2.75, 3.05) is 0 Å². The lowest BCUT2D eigenvalue weighted by Gasteiger charge is -2.21. The van der Waals surface area contributed by atoms with Crippen molar-refractivity contribution in [1.29, 1.82) is 0 Å². The van der Waals surface area contributed by atoms with Gasteiger partial charge in [-0.3, -0.25) is 4.98 Å². The van der Waals surface area contributed by atoms with Crippen LogP contribution in [0.15, 0.2) is 41.1 Å². The fraction of sp³-hybridized carbons (Fsp3) is 0.353. The fourth-order valence-electron chi connectivity index (χ4n) is 1.81. The summed E-state index contributed by atoms with van der Waals surface area (Å²) in [6, 6.07) is 7.87. The highest BCUT2D eigenvalue weighted by Gasteiger charge is 2.11. The average molecular weight is 349 g/mol.